The van der Waals surface area contributed by atoms with Crippen LogP contribution in [0.5, 0.6) is 17.2 Å². The molecule has 3 aromatic rings. The Kier molecular flexibility index (Phi) is 3.31. The van der Waals surface area contributed by atoms with Gasteiger partial charge in [0, 0.05) is 17.6 Å². The summed E-state index contributed by atoms with van der Waals surface area (Å²) in [6.45, 7) is 0. The van der Waals surface area contributed by atoms with Gasteiger partial charge in [-0.25, -0.2) is 4.98 Å². The number of rotatable bonds is 3. The molecule has 3 rings (SSSR count). The Morgan fingerprint density at radius 1 is 1.00 bits per heavy atom. The molecular formula is C16H14N2O3. The number of hydrogen-bond acceptors (Lipinski definition) is 5. The van der Waals surface area contributed by atoms with E-state index >= 15 is 0 Å². The van der Waals surface area contributed by atoms with Gasteiger partial charge in [-0.15, -0.1) is 0 Å². The molecule has 0 saturated heterocycles. The largest absolute Gasteiger partial charge is 0.506 e. The third-order valence-electron chi connectivity index (χ3n) is 3.23. The highest BCUT2D eigenvalue weighted by Crippen LogP contribution is 2.40. The molecular weight excluding hydrogens is 268 g/mol. The van der Waals surface area contributed by atoms with Crippen LogP contribution in [0.4, 0.5) is 0 Å². The van der Waals surface area contributed by atoms with E-state index in [1.807, 2.05) is 30.3 Å². The van der Waals surface area contributed by atoms with Crippen LogP contribution in [-0.2, 0) is 0 Å². The maximum absolute atomic E-state index is 10.2. The minimum absolute atomic E-state index is 0.0421. The zero-order valence-corrected chi connectivity index (χ0v) is 11.7. The molecule has 0 aliphatic carbocycles. The average molecular weight is 282 g/mol. The number of methoxy groups -OCH3 is 2. The number of phenolic OH excluding ortho intramolecular Hbond substituents is 1. The van der Waals surface area contributed by atoms with Crippen LogP contribution in [0.3, 0.4) is 0 Å². The zero-order chi connectivity index (χ0) is 14.8. The summed E-state index contributed by atoms with van der Waals surface area (Å²) in [4.78, 5) is 8.74. The molecule has 0 spiro atoms. The maximum atomic E-state index is 10.2. The van der Waals surface area contributed by atoms with Gasteiger partial charge in [-0.2, -0.15) is 0 Å². The first-order valence-electron chi connectivity index (χ1n) is 6.40. The van der Waals surface area contributed by atoms with Crippen LogP contribution in [0.1, 0.15) is 0 Å². The Balaban J connectivity index is 2.26. The van der Waals surface area contributed by atoms with Crippen molar-refractivity contribution in [2.24, 2.45) is 0 Å². The van der Waals surface area contributed by atoms with Crippen LogP contribution in [0.15, 0.2) is 42.6 Å². The molecule has 5 heteroatoms. The first kappa shape index (κ1) is 13.2. The maximum Gasteiger partial charge on any atom is 0.170 e. The lowest BCUT2D eigenvalue weighted by molar-refractivity contribution is 0.355. The number of aromatic nitrogens is 2. The second-order valence-electron chi connectivity index (χ2n) is 4.44. The molecule has 2 heterocycles. The summed E-state index contributed by atoms with van der Waals surface area (Å²) in [5.74, 6) is 1.06. The van der Waals surface area contributed by atoms with Gasteiger partial charge in [0.2, 0.25) is 0 Å². The molecule has 21 heavy (non-hydrogen) atoms. The summed E-state index contributed by atoms with van der Waals surface area (Å²) in [6.07, 6.45) is 1.70. The number of nitrogens with zero attached hydrogens (tertiary/aromatic N) is 2. The Morgan fingerprint density at radius 2 is 1.86 bits per heavy atom. The van der Waals surface area contributed by atoms with Crippen molar-refractivity contribution in [2.75, 3.05) is 14.2 Å². The van der Waals surface area contributed by atoms with Crippen molar-refractivity contribution < 1.29 is 14.6 Å². The van der Waals surface area contributed by atoms with Gasteiger partial charge in [-0.3, -0.25) is 4.98 Å². The van der Waals surface area contributed by atoms with Crippen molar-refractivity contribution >= 4 is 10.9 Å². The highest BCUT2D eigenvalue weighted by atomic mass is 16.5. The van der Waals surface area contributed by atoms with Crippen LogP contribution in [0.25, 0.3) is 22.3 Å². The van der Waals surface area contributed by atoms with Gasteiger partial charge in [-0.1, -0.05) is 6.07 Å². The first-order chi connectivity index (χ1) is 10.2. The molecule has 0 fully saturated rings. The molecule has 2 aromatic heterocycles. The first-order valence-corrected chi connectivity index (χ1v) is 6.40. The Bertz CT molecular complexity index is 788. The van der Waals surface area contributed by atoms with Crippen molar-refractivity contribution in [3.63, 3.8) is 0 Å². The van der Waals surface area contributed by atoms with Gasteiger partial charge >= 0.3 is 0 Å². The summed E-state index contributed by atoms with van der Waals surface area (Å²) in [5, 5.41) is 10.8. The van der Waals surface area contributed by atoms with E-state index in [1.54, 1.807) is 13.3 Å². The van der Waals surface area contributed by atoms with E-state index in [-0.39, 0.29) is 5.75 Å². The lowest BCUT2D eigenvalue weighted by Crippen LogP contribution is -1.94. The molecule has 0 aliphatic rings. The summed E-state index contributed by atoms with van der Waals surface area (Å²) in [6, 6.07) is 10.8. The molecule has 1 aromatic carbocycles. The molecule has 0 aliphatic heterocycles. The minimum atomic E-state index is 0.0421. The van der Waals surface area contributed by atoms with Crippen LogP contribution in [0, 0.1) is 0 Å². The second kappa shape index (κ2) is 5.28. The topological polar surface area (TPSA) is 64.5 Å². The fraction of sp³-hybridized carbons (Fsp3) is 0.125. The van der Waals surface area contributed by atoms with E-state index in [2.05, 4.69) is 9.97 Å². The number of hydrogen-bond donors (Lipinski definition) is 1. The number of phenols is 1. The van der Waals surface area contributed by atoms with E-state index in [1.165, 1.54) is 13.2 Å². The van der Waals surface area contributed by atoms with E-state index in [0.717, 1.165) is 5.69 Å². The molecule has 0 amide bonds. The molecule has 106 valence electrons. The Hall–Kier alpha value is -2.82. The SMILES string of the molecule is COc1cc(O)c2nc(-c3ccccn3)ccc2c1OC. The van der Waals surface area contributed by atoms with Crippen molar-refractivity contribution in [1.29, 1.82) is 0 Å². The van der Waals surface area contributed by atoms with Gasteiger partial charge in [-0.05, 0) is 24.3 Å². The number of ether oxygens (including phenoxy) is 2. The molecule has 0 radical (unpaired) electrons. The Labute approximate surface area is 121 Å². The van der Waals surface area contributed by atoms with Gasteiger partial charge in [0.25, 0.3) is 0 Å². The second-order valence-corrected chi connectivity index (χ2v) is 4.44. The molecule has 5 nitrogen and oxygen atoms in total. The summed E-state index contributed by atoms with van der Waals surface area (Å²) in [5.41, 5.74) is 1.88. The molecule has 0 atom stereocenters. The van der Waals surface area contributed by atoms with Crippen LogP contribution < -0.4 is 9.47 Å². The third kappa shape index (κ3) is 2.23. The molecule has 1 N–H and O–H groups in total. The smallest absolute Gasteiger partial charge is 0.170 e. The van der Waals surface area contributed by atoms with Gasteiger partial charge in [0.05, 0.1) is 25.6 Å². The normalized spacial score (nSPS) is 10.6. The fourth-order valence-electron chi connectivity index (χ4n) is 2.25. The predicted octanol–water partition coefficient (Wildman–Crippen LogP) is 3.02. The number of fused-ring (bicyclic) bond motifs is 1. The number of pyridine rings is 2. The summed E-state index contributed by atoms with van der Waals surface area (Å²) < 4.78 is 10.6. The molecule has 0 saturated carbocycles. The average Bonchev–Trinajstić information content (AvgIpc) is 2.55. The lowest BCUT2D eigenvalue weighted by Gasteiger charge is -2.12. The van der Waals surface area contributed by atoms with Crippen molar-refractivity contribution in [2.45, 2.75) is 0 Å². The van der Waals surface area contributed by atoms with Crippen LogP contribution >= 0.6 is 0 Å². The van der Waals surface area contributed by atoms with Gasteiger partial charge in [0.1, 0.15) is 11.3 Å². The number of aromatic hydroxyl groups is 1. The highest BCUT2D eigenvalue weighted by molar-refractivity contribution is 5.93. The fourth-order valence-corrected chi connectivity index (χ4v) is 2.25. The monoisotopic (exact) mass is 282 g/mol. The lowest BCUT2D eigenvalue weighted by atomic mass is 10.1. The Morgan fingerprint density at radius 3 is 2.52 bits per heavy atom. The zero-order valence-electron chi connectivity index (χ0n) is 11.7. The molecule has 0 unspecified atom stereocenters. The number of benzene rings is 1. The highest BCUT2D eigenvalue weighted by Gasteiger charge is 2.15. The van der Waals surface area contributed by atoms with Crippen molar-refractivity contribution in [1.82, 2.24) is 9.97 Å². The van der Waals surface area contributed by atoms with E-state index in [0.29, 0.717) is 28.1 Å². The van der Waals surface area contributed by atoms with Gasteiger partial charge in [0.15, 0.2) is 11.5 Å². The minimum Gasteiger partial charge on any atom is -0.506 e. The van der Waals surface area contributed by atoms with E-state index in [9.17, 15) is 5.11 Å². The standard InChI is InChI=1S/C16H14N2O3/c1-20-14-9-13(19)15-10(16(14)21-2)6-7-12(18-15)11-5-3-4-8-17-11/h3-9,19H,1-2H3. The van der Waals surface area contributed by atoms with E-state index in [4.69, 9.17) is 9.47 Å². The third-order valence-corrected chi connectivity index (χ3v) is 3.23. The van der Waals surface area contributed by atoms with Crippen molar-refractivity contribution in [3.8, 4) is 28.6 Å². The van der Waals surface area contributed by atoms with Crippen LogP contribution in [-0.4, -0.2) is 29.3 Å². The van der Waals surface area contributed by atoms with Crippen LogP contribution in [0.2, 0.25) is 0 Å². The van der Waals surface area contributed by atoms with E-state index < -0.39 is 0 Å². The molecule has 0 bridgehead atoms. The predicted molar refractivity (Wildman–Crippen MR) is 79.7 cm³/mol. The summed E-state index contributed by atoms with van der Waals surface area (Å²) >= 11 is 0. The van der Waals surface area contributed by atoms with Gasteiger partial charge < -0.3 is 14.6 Å². The quantitative estimate of drug-likeness (QED) is 0.800. The summed E-state index contributed by atoms with van der Waals surface area (Å²) in [7, 11) is 3.08. The van der Waals surface area contributed by atoms with Crippen molar-refractivity contribution in [3.05, 3.63) is 42.6 Å².